The maximum atomic E-state index is 5.56. The molecule has 1 aromatic carbocycles. The molecule has 2 N–H and O–H groups in total. The third kappa shape index (κ3) is 4.99. The quantitative estimate of drug-likeness (QED) is 0.469. The number of thiocarbonyl (C=S) groups is 1. The van der Waals surface area contributed by atoms with Crippen molar-refractivity contribution in [2.45, 2.75) is 43.9 Å². The van der Waals surface area contributed by atoms with Gasteiger partial charge in [0.15, 0.2) is 0 Å². The molecule has 0 amide bonds. The maximum absolute atomic E-state index is 5.56. The Labute approximate surface area is 108 Å². The molecule has 1 aromatic rings. The Hall–Kier alpha value is -0.540. The van der Waals surface area contributed by atoms with Gasteiger partial charge in [0.1, 0.15) is 4.32 Å². The van der Waals surface area contributed by atoms with E-state index in [1.807, 2.05) is 6.07 Å². The molecule has 16 heavy (non-hydrogen) atoms. The molecule has 0 aliphatic carbocycles. The van der Waals surface area contributed by atoms with Gasteiger partial charge in [-0.1, -0.05) is 68.4 Å². The molecule has 0 heterocycles. The first-order chi connectivity index (χ1) is 7.74. The van der Waals surface area contributed by atoms with Crippen LogP contribution in [-0.4, -0.2) is 4.32 Å². The van der Waals surface area contributed by atoms with E-state index in [1.54, 1.807) is 0 Å². The SMILES string of the molecule is CCCCCCc1ccccc1SC(N)=S. The molecule has 0 fully saturated rings. The highest BCUT2D eigenvalue weighted by Crippen LogP contribution is 2.24. The van der Waals surface area contributed by atoms with Gasteiger partial charge in [-0.2, -0.15) is 0 Å². The summed E-state index contributed by atoms with van der Waals surface area (Å²) in [7, 11) is 0. The van der Waals surface area contributed by atoms with Crippen molar-refractivity contribution < 1.29 is 0 Å². The molecule has 0 spiro atoms. The number of rotatable bonds is 6. The van der Waals surface area contributed by atoms with E-state index in [4.69, 9.17) is 18.0 Å². The van der Waals surface area contributed by atoms with E-state index in [2.05, 4.69) is 25.1 Å². The van der Waals surface area contributed by atoms with Crippen LogP contribution in [0.2, 0.25) is 0 Å². The van der Waals surface area contributed by atoms with Gasteiger partial charge in [-0.05, 0) is 24.5 Å². The number of hydrogen-bond donors (Lipinski definition) is 1. The van der Waals surface area contributed by atoms with Crippen LogP contribution in [0.1, 0.15) is 38.2 Å². The standard InChI is InChI=1S/C13H19NS2/c1-2-3-4-5-8-11-9-6-7-10-12(11)16-13(14)15/h6-7,9-10H,2-5,8H2,1H3,(H2,14,15). The zero-order chi connectivity index (χ0) is 11.8. The van der Waals surface area contributed by atoms with E-state index in [0.29, 0.717) is 4.32 Å². The van der Waals surface area contributed by atoms with Crippen LogP contribution in [0.4, 0.5) is 0 Å². The lowest BCUT2D eigenvalue weighted by molar-refractivity contribution is 0.663. The summed E-state index contributed by atoms with van der Waals surface area (Å²) in [5.74, 6) is 0. The van der Waals surface area contributed by atoms with Crippen LogP contribution in [0.15, 0.2) is 29.2 Å². The topological polar surface area (TPSA) is 26.0 Å². The van der Waals surface area contributed by atoms with Gasteiger partial charge in [0, 0.05) is 4.90 Å². The van der Waals surface area contributed by atoms with E-state index >= 15 is 0 Å². The molecule has 0 atom stereocenters. The minimum absolute atomic E-state index is 0.501. The minimum atomic E-state index is 0.501. The van der Waals surface area contributed by atoms with E-state index in [1.165, 1.54) is 47.9 Å². The zero-order valence-corrected chi connectivity index (χ0v) is 11.4. The first-order valence-electron chi connectivity index (χ1n) is 5.79. The van der Waals surface area contributed by atoms with Gasteiger partial charge < -0.3 is 5.73 Å². The van der Waals surface area contributed by atoms with Crippen LogP contribution in [0, 0.1) is 0 Å². The molecule has 1 rings (SSSR count). The molecule has 1 nitrogen and oxygen atoms in total. The molecule has 0 radical (unpaired) electrons. The monoisotopic (exact) mass is 253 g/mol. The Morgan fingerprint density at radius 3 is 2.69 bits per heavy atom. The molecule has 3 heteroatoms. The van der Waals surface area contributed by atoms with Crippen molar-refractivity contribution in [2.75, 3.05) is 0 Å². The van der Waals surface area contributed by atoms with Crippen molar-refractivity contribution in [3.8, 4) is 0 Å². The summed E-state index contributed by atoms with van der Waals surface area (Å²) in [6.45, 7) is 2.23. The van der Waals surface area contributed by atoms with Crippen LogP contribution >= 0.6 is 24.0 Å². The summed E-state index contributed by atoms with van der Waals surface area (Å²) in [5, 5.41) is 0. The van der Waals surface area contributed by atoms with Crippen molar-refractivity contribution in [1.82, 2.24) is 0 Å². The van der Waals surface area contributed by atoms with Crippen molar-refractivity contribution >= 4 is 28.3 Å². The smallest absolute Gasteiger partial charge is 0.136 e. The molecule has 0 saturated heterocycles. The summed E-state index contributed by atoms with van der Waals surface area (Å²) >= 11 is 6.43. The van der Waals surface area contributed by atoms with Gasteiger partial charge in [-0.25, -0.2) is 0 Å². The predicted octanol–water partition coefficient (Wildman–Crippen LogP) is 4.15. The highest BCUT2D eigenvalue weighted by molar-refractivity contribution is 8.23. The lowest BCUT2D eigenvalue weighted by Crippen LogP contribution is -2.02. The highest BCUT2D eigenvalue weighted by atomic mass is 32.2. The second-order valence-corrected chi connectivity index (χ2v) is 5.62. The molecular formula is C13H19NS2. The largest absolute Gasteiger partial charge is 0.384 e. The average Bonchev–Trinajstić information content (AvgIpc) is 2.26. The predicted molar refractivity (Wildman–Crippen MR) is 76.9 cm³/mol. The minimum Gasteiger partial charge on any atom is -0.384 e. The Morgan fingerprint density at radius 2 is 2.00 bits per heavy atom. The first kappa shape index (κ1) is 13.5. The van der Waals surface area contributed by atoms with Crippen LogP contribution in [0.5, 0.6) is 0 Å². The third-order valence-electron chi connectivity index (χ3n) is 2.48. The van der Waals surface area contributed by atoms with E-state index in [0.717, 1.165) is 6.42 Å². The average molecular weight is 253 g/mol. The summed E-state index contributed by atoms with van der Waals surface area (Å²) in [6.07, 6.45) is 6.30. The maximum Gasteiger partial charge on any atom is 0.136 e. The summed E-state index contributed by atoms with van der Waals surface area (Å²) in [5.41, 5.74) is 6.94. The second-order valence-electron chi connectivity index (χ2n) is 3.84. The Balaban J connectivity index is 2.53. The van der Waals surface area contributed by atoms with Crippen LogP contribution in [0.25, 0.3) is 0 Å². The lowest BCUT2D eigenvalue weighted by Gasteiger charge is -2.07. The van der Waals surface area contributed by atoms with Gasteiger partial charge >= 0.3 is 0 Å². The number of benzene rings is 1. The molecule has 0 aliphatic heterocycles. The number of thioether (sulfide) groups is 1. The van der Waals surface area contributed by atoms with Crippen LogP contribution < -0.4 is 5.73 Å². The summed E-state index contributed by atoms with van der Waals surface area (Å²) in [6, 6.07) is 8.39. The molecule has 0 bridgehead atoms. The number of aryl methyl sites for hydroxylation is 1. The molecule has 88 valence electrons. The fourth-order valence-corrected chi connectivity index (χ4v) is 2.59. The van der Waals surface area contributed by atoms with Gasteiger partial charge in [-0.15, -0.1) is 0 Å². The zero-order valence-electron chi connectivity index (χ0n) is 9.74. The number of hydrogen-bond acceptors (Lipinski definition) is 2. The van der Waals surface area contributed by atoms with E-state index in [9.17, 15) is 0 Å². The van der Waals surface area contributed by atoms with E-state index in [-0.39, 0.29) is 0 Å². The van der Waals surface area contributed by atoms with Crippen LogP contribution in [0.3, 0.4) is 0 Å². The molecule has 0 aromatic heterocycles. The van der Waals surface area contributed by atoms with Gasteiger partial charge in [0.25, 0.3) is 0 Å². The number of unbranched alkanes of at least 4 members (excludes halogenated alkanes) is 3. The van der Waals surface area contributed by atoms with Crippen molar-refractivity contribution in [2.24, 2.45) is 5.73 Å². The third-order valence-corrected chi connectivity index (χ3v) is 3.55. The highest BCUT2D eigenvalue weighted by Gasteiger charge is 2.03. The molecule has 0 unspecified atom stereocenters. The van der Waals surface area contributed by atoms with Crippen molar-refractivity contribution in [3.63, 3.8) is 0 Å². The van der Waals surface area contributed by atoms with Gasteiger partial charge in [0.2, 0.25) is 0 Å². The van der Waals surface area contributed by atoms with Gasteiger partial charge in [0.05, 0.1) is 0 Å². The number of nitrogens with two attached hydrogens (primary N) is 1. The fourth-order valence-electron chi connectivity index (χ4n) is 1.66. The van der Waals surface area contributed by atoms with E-state index < -0.39 is 0 Å². The lowest BCUT2D eigenvalue weighted by atomic mass is 10.1. The first-order valence-corrected chi connectivity index (χ1v) is 7.01. The fraction of sp³-hybridized carbons (Fsp3) is 0.462. The van der Waals surface area contributed by atoms with Gasteiger partial charge in [-0.3, -0.25) is 0 Å². The second kappa shape index (κ2) is 7.69. The summed E-state index contributed by atoms with van der Waals surface area (Å²) in [4.78, 5) is 1.21. The molecule has 0 aliphatic rings. The Kier molecular flexibility index (Phi) is 6.50. The normalized spacial score (nSPS) is 10.3. The summed E-state index contributed by atoms with van der Waals surface area (Å²) < 4.78 is 0.501. The molecule has 0 saturated carbocycles. The van der Waals surface area contributed by atoms with Crippen LogP contribution in [-0.2, 0) is 6.42 Å². The molecular weight excluding hydrogens is 234 g/mol. The Morgan fingerprint density at radius 1 is 1.25 bits per heavy atom. The Bertz CT molecular complexity index is 336. The van der Waals surface area contributed by atoms with Crippen molar-refractivity contribution in [1.29, 1.82) is 0 Å². The van der Waals surface area contributed by atoms with Crippen molar-refractivity contribution in [3.05, 3.63) is 29.8 Å².